The molecule has 66 valence electrons. The van der Waals surface area contributed by atoms with E-state index in [2.05, 4.69) is 16.4 Å². The number of aromatic amines is 1. The van der Waals surface area contributed by atoms with Crippen molar-refractivity contribution in [3.8, 4) is 0 Å². The Labute approximate surface area is 73.4 Å². The van der Waals surface area contributed by atoms with Gasteiger partial charge in [0.2, 0.25) is 0 Å². The molecule has 2 nitrogen and oxygen atoms in total. The summed E-state index contributed by atoms with van der Waals surface area (Å²) in [7, 11) is 0. The van der Waals surface area contributed by atoms with Crippen molar-refractivity contribution >= 4 is 0 Å². The van der Waals surface area contributed by atoms with Crippen LogP contribution in [0.15, 0.2) is 18.5 Å². The SMILES string of the molecule is c1cc(CNCCC2CC2)c[nH]1. The summed E-state index contributed by atoms with van der Waals surface area (Å²) in [4.78, 5) is 3.05. The fourth-order valence-electron chi connectivity index (χ4n) is 1.41. The van der Waals surface area contributed by atoms with E-state index in [0.29, 0.717) is 0 Å². The van der Waals surface area contributed by atoms with Crippen LogP contribution in [0.5, 0.6) is 0 Å². The maximum absolute atomic E-state index is 3.44. The molecule has 0 saturated heterocycles. The first-order valence-electron chi connectivity index (χ1n) is 4.77. The lowest BCUT2D eigenvalue weighted by Crippen LogP contribution is -2.14. The van der Waals surface area contributed by atoms with Gasteiger partial charge in [0.1, 0.15) is 0 Å². The maximum atomic E-state index is 3.44. The van der Waals surface area contributed by atoms with E-state index in [1.165, 1.54) is 31.4 Å². The molecule has 0 bridgehead atoms. The summed E-state index contributed by atoms with van der Waals surface area (Å²) < 4.78 is 0. The Hall–Kier alpha value is -0.760. The molecule has 1 saturated carbocycles. The zero-order chi connectivity index (χ0) is 8.23. The first-order valence-corrected chi connectivity index (χ1v) is 4.77. The molecule has 1 heterocycles. The topological polar surface area (TPSA) is 27.8 Å². The summed E-state index contributed by atoms with van der Waals surface area (Å²) in [6, 6.07) is 2.12. The molecule has 2 heteroatoms. The fraction of sp³-hybridized carbons (Fsp3) is 0.600. The van der Waals surface area contributed by atoms with E-state index in [9.17, 15) is 0 Å². The Morgan fingerprint density at radius 1 is 1.50 bits per heavy atom. The molecule has 0 aromatic carbocycles. The van der Waals surface area contributed by atoms with E-state index in [1.807, 2.05) is 12.4 Å². The number of H-pyrrole nitrogens is 1. The van der Waals surface area contributed by atoms with E-state index in [1.54, 1.807) is 0 Å². The first-order chi connectivity index (χ1) is 5.95. The van der Waals surface area contributed by atoms with Gasteiger partial charge < -0.3 is 10.3 Å². The molecule has 2 rings (SSSR count). The summed E-state index contributed by atoms with van der Waals surface area (Å²) in [5.74, 6) is 1.05. The summed E-state index contributed by atoms with van der Waals surface area (Å²) in [5.41, 5.74) is 1.35. The Bertz CT molecular complexity index is 212. The minimum absolute atomic E-state index is 1.01. The van der Waals surface area contributed by atoms with Crippen LogP contribution in [0.25, 0.3) is 0 Å². The van der Waals surface area contributed by atoms with Crippen molar-refractivity contribution < 1.29 is 0 Å². The van der Waals surface area contributed by atoms with Crippen LogP contribution in [0.3, 0.4) is 0 Å². The minimum Gasteiger partial charge on any atom is -0.367 e. The van der Waals surface area contributed by atoms with Crippen LogP contribution in [-0.2, 0) is 6.54 Å². The van der Waals surface area contributed by atoms with Crippen molar-refractivity contribution in [1.82, 2.24) is 10.3 Å². The van der Waals surface area contributed by atoms with Crippen molar-refractivity contribution in [3.63, 3.8) is 0 Å². The second-order valence-corrected chi connectivity index (χ2v) is 3.63. The molecule has 1 aliphatic carbocycles. The van der Waals surface area contributed by atoms with Crippen LogP contribution in [0.1, 0.15) is 24.8 Å². The number of hydrogen-bond acceptors (Lipinski definition) is 1. The van der Waals surface area contributed by atoms with Gasteiger partial charge in [-0.2, -0.15) is 0 Å². The first kappa shape index (κ1) is 7.87. The van der Waals surface area contributed by atoms with Gasteiger partial charge >= 0.3 is 0 Å². The van der Waals surface area contributed by atoms with Crippen LogP contribution in [0.2, 0.25) is 0 Å². The second kappa shape index (κ2) is 3.76. The molecule has 1 aliphatic rings. The van der Waals surface area contributed by atoms with E-state index < -0.39 is 0 Å². The van der Waals surface area contributed by atoms with Gasteiger partial charge in [-0.15, -0.1) is 0 Å². The number of aromatic nitrogens is 1. The van der Waals surface area contributed by atoms with Gasteiger partial charge in [0.05, 0.1) is 0 Å². The minimum atomic E-state index is 1.01. The molecule has 0 spiro atoms. The van der Waals surface area contributed by atoms with Crippen LogP contribution in [0, 0.1) is 5.92 Å². The third-order valence-corrected chi connectivity index (χ3v) is 2.42. The maximum Gasteiger partial charge on any atom is 0.0220 e. The standard InChI is InChI=1S/C10H16N2/c1-2-9(1)3-5-11-7-10-4-6-12-8-10/h4,6,8-9,11-12H,1-3,5,7H2. The Balaban J connectivity index is 1.56. The molecule has 1 aromatic heterocycles. The zero-order valence-corrected chi connectivity index (χ0v) is 7.34. The van der Waals surface area contributed by atoms with Crippen LogP contribution < -0.4 is 5.32 Å². The normalized spacial score (nSPS) is 16.7. The molecule has 2 N–H and O–H groups in total. The molecule has 0 radical (unpaired) electrons. The van der Waals surface area contributed by atoms with Gasteiger partial charge in [-0.1, -0.05) is 12.8 Å². The van der Waals surface area contributed by atoms with Crippen molar-refractivity contribution in [2.24, 2.45) is 5.92 Å². The smallest absolute Gasteiger partial charge is 0.0220 e. The monoisotopic (exact) mass is 164 g/mol. The van der Waals surface area contributed by atoms with Crippen molar-refractivity contribution in [2.45, 2.75) is 25.8 Å². The highest BCUT2D eigenvalue weighted by Crippen LogP contribution is 2.31. The van der Waals surface area contributed by atoms with Gasteiger partial charge in [-0.3, -0.25) is 0 Å². The van der Waals surface area contributed by atoms with Crippen LogP contribution in [0.4, 0.5) is 0 Å². The van der Waals surface area contributed by atoms with Gasteiger partial charge in [-0.25, -0.2) is 0 Å². The van der Waals surface area contributed by atoms with Crippen LogP contribution >= 0.6 is 0 Å². The molecular formula is C10H16N2. The highest BCUT2D eigenvalue weighted by Gasteiger charge is 2.19. The quantitative estimate of drug-likeness (QED) is 0.639. The van der Waals surface area contributed by atoms with Crippen molar-refractivity contribution in [2.75, 3.05) is 6.54 Å². The molecular weight excluding hydrogens is 148 g/mol. The summed E-state index contributed by atoms with van der Waals surface area (Å²) in [6.45, 7) is 2.19. The predicted molar refractivity (Wildman–Crippen MR) is 49.8 cm³/mol. The molecule has 0 unspecified atom stereocenters. The van der Waals surface area contributed by atoms with E-state index in [-0.39, 0.29) is 0 Å². The molecule has 12 heavy (non-hydrogen) atoms. The third kappa shape index (κ3) is 2.38. The van der Waals surface area contributed by atoms with E-state index in [0.717, 1.165) is 12.5 Å². The Kier molecular flexibility index (Phi) is 2.47. The van der Waals surface area contributed by atoms with E-state index in [4.69, 9.17) is 0 Å². The van der Waals surface area contributed by atoms with Gasteiger partial charge in [0.25, 0.3) is 0 Å². The average Bonchev–Trinajstić information content (AvgIpc) is 2.76. The van der Waals surface area contributed by atoms with Gasteiger partial charge in [-0.05, 0) is 30.5 Å². The fourth-order valence-corrected chi connectivity index (χ4v) is 1.41. The highest BCUT2D eigenvalue weighted by molar-refractivity contribution is 5.07. The second-order valence-electron chi connectivity index (χ2n) is 3.63. The number of hydrogen-bond donors (Lipinski definition) is 2. The van der Waals surface area contributed by atoms with Crippen molar-refractivity contribution in [1.29, 1.82) is 0 Å². The van der Waals surface area contributed by atoms with Crippen LogP contribution in [-0.4, -0.2) is 11.5 Å². The summed E-state index contributed by atoms with van der Waals surface area (Å²) >= 11 is 0. The predicted octanol–water partition coefficient (Wildman–Crippen LogP) is 1.90. The van der Waals surface area contributed by atoms with E-state index >= 15 is 0 Å². The summed E-state index contributed by atoms with van der Waals surface area (Å²) in [6.07, 6.45) is 8.31. The van der Waals surface area contributed by atoms with Crippen molar-refractivity contribution in [3.05, 3.63) is 24.0 Å². The average molecular weight is 164 g/mol. The largest absolute Gasteiger partial charge is 0.367 e. The molecule has 0 aliphatic heterocycles. The zero-order valence-electron chi connectivity index (χ0n) is 7.34. The number of nitrogens with one attached hydrogen (secondary N) is 2. The molecule has 1 fully saturated rings. The Morgan fingerprint density at radius 3 is 3.08 bits per heavy atom. The molecule has 0 atom stereocenters. The summed E-state index contributed by atoms with van der Waals surface area (Å²) in [5, 5.41) is 3.44. The number of rotatable bonds is 5. The van der Waals surface area contributed by atoms with Gasteiger partial charge in [0.15, 0.2) is 0 Å². The lowest BCUT2D eigenvalue weighted by molar-refractivity contribution is 0.613. The van der Waals surface area contributed by atoms with Gasteiger partial charge in [0, 0.05) is 18.9 Å². The lowest BCUT2D eigenvalue weighted by atomic mass is 10.3. The molecule has 1 aromatic rings. The third-order valence-electron chi connectivity index (χ3n) is 2.42. The Morgan fingerprint density at radius 2 is 2.42 bits per heavy atom. The highest BCUT2D eigenvalue weighted by atomic mass is 14.9. The lowest BCUT2D eigenvalue weighted by Gasteiger charge is -2.00. The molecule has 0 amide bonds.